The molecule has 0 saturated heterocycles. The predicted molar refractivity (Wildman–Crippen MR) is 297 cm³/mol. The van der Waals surface area contributed by atoms with Crippen molar-refractivity contribution in [2.45, 2.75) is 30.1 Å². The summed E-state index contributed by atoms with van der Waals surface area (Å²) in [5.41, 5.74) is 31.2. The minimum absolute atomic E-state index is 0.181. The first-order chi connectivity index (χ1) is 35.5. The molecule has 1 heteroatoms. The van der Waals surface area contributed by atoms with E-state index in [9.17, 15) is 0 Å². The van der Waals surface area contributed by atoms with Crippen molar-refractivity contribution in [1.29, 1.82) is 0 Å². The molecule has 11 aromatic rings. The molecule has 0 saturated carbocycles. The molecule has 0 heterocycles. The lowest BCUT2D eigenvalue weighted by Crippen LogP contribution is -2.26. The van der Waals surface area contributed by atoms with Crippen molar-refractivity contribution in [3.8, 4) is 66.8 Å². The van der Waals surface area contributed by atoms with Crippen LogP contribution in [0.15, 0.2) is 249 Å². The molecule has 5 aliphatic carbocycles. The molecule has 11 aromatic carbocycles. The van der Waals surface area contributed by atoms with Crippen molar-refractivity contribution in [2.75, 3.05) is 4.90 Å². The third-order valence-corrected chi connectivity index (χ3v) is 17.5. The molecule has 0 aliphatic heterocycles. The fraction of sp³-hybridized carbons (Fsp3) is 0.0704. The van der Waals surface area contributed by atoms with Crippen molar-refractivity contribution in [3.05, 3.63) is 304 Å². The molecule has 0 amide bonds. The molecule has 2 spiro atoms. The van der Waals surface area contributed by atoms with Crippen LogP contribution in [0, 0.1) is 0 Å². The zero-order chi connectivity index (χ0) is 47.5. The number of rotatable bonds is 4. The summed E-state index contributed by atoms with van der Waals surface area (Å²) in [6.07, 6.45) is 0. The van der Waals surface area contributed by atoms with Crippen molar-refractivity contribution in [1.82, 2.24) is 0 Å². The van der Waals surface area contributed by atoms with Gasteiger partial charge in [-0.05, 0) is 153 Å². The molecule has 0 bridgehead atoms. The molecular weight excluding hydrogens is 867 g/mol. The van der Waals surface area contributed by atoms with Gasteiger partial charge in [0.15, 0.2) is 0 Å². The maximum atomic E-state index is 2.61. The molecule has 16 rings (SSSR count). The first-order valence-corrected chi connectivity index (χ1v) is 25.5. The number of benzene rings is 11. The molecule has 1 nitrogen and oxygen atoms in total. The Kier molecular flexibility index (Phi) is 7.88. The average molecular weight is 914 g/mol. The van der Waals surface area contributed by atoms with Crippen molar-refractivity contribution in [2.24, 2.45) is 0 Å². The van der Waals surface area contributed by atoms with Gasteiger partial charge in [0, 0.05) is 22.4 Å². The highest BCUT2D eigenvalue weighted by atomic mass is 15.1. The normalized spacial score (nSPS) is 16.5. The van der Waals surface area contributed by atoms with Crippen molar-refractivity contribution < 1.29 is 0 Å². The summed E-state index contributed by atoms with van der Waals surface area (Å²) in [5.74, 6) is 0. The highest BCUT2D eigenvalue weighted by molar-refractivity contribution is 6.03. The van der Waals surface area contributed by atoms with Crippen LogP contribution >= 0.6 is 0 Å². The lowest BCUT2D eigenvalue weighted by molar-refractivity contribution is 0.660. The number of nitrogens with zero attached hydrogens (tertiary/aromatic N) is 1. The maximum absolute atomic E-state index is 2.61. The van der Waals surface area contributed by atoms with E-state index in [0.29, 0.717) is 0 Å². The van der Waals surface area contributed by atoms with E-state index in [0.717, 1.165) is 11.4 Å². The number of fused-ring (bicyclic) bond motifs is 23. The first-order valence-electron chi connectivity index (χ1n) is 25.5. The van der Waals surface area contributed by atoms with E-state index < -0.39 is 10.8 Å². The van der Waals surface area contributed by atoms with Gasteiger partial charge in [-0.15, -0.1) is 0 Å². The molecule has 72 heavy (non-hydrogen) atoms. The monoisotopic (exact) mass is 913 g/mol. The number of hydrogen-bond donors (Lipinski definition) is 0. The predicted octanol–water partition coefficient (Wildman–Crippen LogP) is 17.8. The molecular formula is C71H47N. The van der Waals surface area contributed by atoms with Crippen molar-refractivity contribution >= 4 is 17.1 Å². The molecule has 1 unspecified atom stereocenters. The van der Waals surface area contributed by atoms with Crippen LogP contribution in [0.4, 0.5) is 17.1 Å². The third kappa shape index (κ3) is 4.84. The topological polar surface area (TPSA) is 3.24 Å². The molecule has 1 atom stereocenters. The van der Waals surface area contributed by atoms with Gasteiger partial charge in [-0.1, -0.05) is 226 Å². The van der Waals surface area contributed by atoms with Gasteiger partial charge in [-0.2, -0.15) is 0 Å². The van der Waals surface area contributed by atoms with E-state index in [1.807, 2.05) is 0 Å². The largest absolute Gasteiger partial charge is 0.310 e. The van der Waals surface area contributed by atoms with E-state index in [1.54, 1.807) is 0 Å². The van der Waals surface area contributed by atoms with Gasteiger partial charge in [-0.3, -0.25) is 0 Å². The molecule has 0 aromatic heterocycles. The first kappa shape index (κ1) is 40.0. The van der Waals surface area contributed by atoms with E-state index in [-0.39, 0.29) is 5.41 Å². The molecule has 0 fully saturated rings. The minimum atomic E-state index is -0.517. The fourth-order valence-electron chi connectivity index (χ4n) is 14.7. The van der Waals surface area contributed by atoms with E-state index >= 15 is 0 Å². The van der Waals surface area contributed by atoms with E-state index in [1.165, 1.54) is 128 Å². The lowest BCUT2D eigenvalue weighted by Gasteiger charge is -2.34. The van der Waals surface area contributed by atoms with Gasteiger partial charge in [0.1, 0.15) is 0 Å². The molecule has 0 N–H and O–H groups in total. The molecule has 5 aliphatic rings. The Morgan fingerprint density at radius 1 is 0.250 bits per heavy atom. The van der Waals surface area contributed by atoms with Gasteiger partial charge >= 0.3 is 0 Å². The zero-order valence-electron chi connectivity index (χ0n) is 40.1. The fourth-order valence-corrected chi connectivity index (χ4v) is 14.7. The highest BCUT2D eigenvalue weighted by Crippen LogP contribution is 2.67. The van der Waals surface area contributed by atoms with Gasteiger partial charge < -0.3 is 4.90 Å². The summed E-state index contributed by atoms with van der Waals surface area (Å²) in [7, 11) is 0. The second kappa shape index (κ2) is 14.2. The third-order valence-electron chi connectivity index (χ3n) is 17.5. The van der Waals surface area contributed by atoms with Crippen molar-refractivity contribution in [3.63, 3.8) is 0 Å². The second-order valence-electron chi connectivity index (χ2n) is 21.0. The van der Waals surface area contributed by atoms with Crippen LogP contribution in [0.2, 0.25) is 0 Å². The van der Waals surface area contributed by atoms with Crippen LogP contribution in [0.5, 0.6) is 0 Å². The zero-order valence-corrected chi connectivity index (χ0v) is 40.1. The van der Waals surface area contributed by atoms with Crippen LogP contribution in [0.25, 0.3) is 66.8 Å². The van der Waals surface area contributed by atoms with Crippen LogP contribution < -0.4 is 4.90 Å². The summed E-state index contributed by atoms with van der Waals surface area (Å²) < 4.78 is 0. The summed E-state index contributed by atoms with van der Waals surface area (Å²) in [4.78, 5) is 2.61. The Bertz CT molecular complexity index is 4090. The van der Waals surface area contributed by atoms with Gasteiger partial charge in [-0.25, -0.2) is 0 Å². The van der Waals surface area contributed by atoms with E-state index in [2.05, 4.69) is 267 Å². The smallest absolute Gasteiger partial charge is 0.0726 e. The summed E-state index contributed by atoms with van der Waals surface area (Å²) >= 11 is 0. The minimum Gasteiger partial charge on any atom is -0.310 e. The summed E-state index contributed by atoms with van der Waals surface area (Å²) in [6, 6.07) is 94.8. The molecule has 336 valence electrons. The summed E-state index contributed by atoms with van der Waals surface area (Å²) in [5, 5.41) is 0. The number of hydrogen-bond acceptors (Lipinski definition) is 1. The Hall–Kier alpha value is -8.78. The second-order valence-corrected chi connectivity index (χ2v) is 21.0. The quantitative estimate of drug-likeness (QED) is 0.170. The summed E-state index contributed by atoms with van der Waals surface area (Å²) in [6.45, 7) is 4.80. The Labute approximate surface area is 421 Å². The lowest BCUT2D eigenvalue weighted by atomic mass is 9.70. The van der Waals surface area contributed by atoms with Crippen LogP contribution in [-0.4, -0.2) is 0 Å². The van der Waals surface area contributed by atoms with Crippen LogP contribution in [0.1, 0.15) is 69.5 Å². The Morgan fingerprint density at radius 2 is 0.653 bits per heavy atom. The Morgan fingerprint density at radius 3 is 1.24 bits per heavy atom. The number of anilines is 3. The van der Waals surface area contributed by atoms with Gasteiger partial charge in [0.25, 0.3) is 0 Å². The molecule has 0 radical (unpaired) electrons. The Balaban J connectivity index is 0.984. The van der Waals surface area contributed by atoms with Crippen LogP contribution in [0.3, 0.4) is 0 Å². The SMILES string of the molecule is CC1(C)c2ccccc2-c2ccc(N(c3ccc4c(c3)C3(c5ccccc5-c5ccccc53)c3ccccc3-4)c3cccc4c3-c3ccccc3C43c4ccccc4-c4cc(-c5ccccc5)ccc43)cc21. The van der Waals surface area contributed by atoms with Gasteiger partial charge in [0.2, 0.25) is 0 Å². The average Bonchev–Trinajstić information content (AvgIpc) is 4.17. The highest BCUT2D eigenvalue weighted by Gasteiger charge is 2.54. The van der Waals surface area contributed by atoms with Crippen LogP contribution in [-0.2, 0) is 16.2 Å². The standard InChI is InChI=1S/C71H47N/c1-69(2)57-27-12-6-21-48(57)53-38-36-46(42-65(53)69)72(47-37-39-54-51-24-9-15-30-60(51)71(66(54)43-47)58-28-13-7-22-49(58)50-23-8-14-29-59(50)71)67-34-18-33-64-68(67)55-26-11-17-32-62(55)70(64)61-31-16-10-25-52(61)56-41-45(35-40-63(56)70)44-19-4-3-5-20-44/h3-43H,1-2H3. The maximum Gasteiger partial charge on any atom is 0.0726 e. The van der Waals surface area contributed by atoms with E-state index in [4.69, 9.17) is 0 Å². The van der Waals surface area contributed by atoms with Gasteiger partial charge in [0.05, 0.1) is 16.5 Å².